The van der Waals surface area contributed by atoms with E-state index in [1.54, 1.807) is 0 Å². The molecule has 0 unspecified atom stereocenters. The highest BCUT2D eigenvalue weighted by Crippen LogP contribution is 2.21. The fourth-order valence-electron chi connectivity index (χ4n) is 1.35. The molecule has 1 rings (SSSR count). The van der Waals surface area contributed by atoms with E-state index in [1.807, 2.05) is 38.1 Å². The minimum atomic E-state index is -0.379. The van der Waals surface area contributed by atoms with Crippen LogP contribution in [0.3, 0.4) is 0 Å². The zero-order valence-corrected chi connectivity index (χ0v) is 10.5. The third-order valence-corrected chi connectivity index (χ3v) is 2.39. The molecule has 0 bridgehead atoms. The fourth-order valence-corrected chi connectivity index (χ4v) is 1.48. The van der Waals surface area contributed by atoms with E-state index in [1.165, 1.54) is 0 Å². The van der Waals surface area contributed by atoms with Crippen LogP contribution in [0, 0.1) is 0 Å². The first-order valence-corrected chi connectivity index (χ1v) is 5.74. The van der Waals surface area contributed by atoms with Gasteiger partial charge in [0.1, 0.15) is 0 Å². The highest BCUT2D eigenvalue weighted by molar-refractivity contribution is 6.30. The molecule has 16 heavy (non-hydrogen) atoms. The molecule has 0 saturated heterocycles. The Bertz CT molecular complexity index is 326. The summed E-state index contributed by atoms with van der Waals surface area (Å²) in [5.74, 6) is 0. The molecule has 0 aliphatic heterocycles. The maximum atomic E-state index is 5.83. The largest absolute Gasteiger partial charge is 0.349 e. The van der Waals surface area contributed by atoms with Crippen LogP contribution in [-0.4, -0.2) is 19.5 Å². The van der Waals surface area contributed by atoms with Gasteiger partial charge in [-0.1, -0.05) is 30.3 Å². The maximum Gasteiger partial charge on any atom is 0.183 e. The number of benzene rings is 1. The average Bonchev–Trinajstić information content (AvgIpc) is 2.29. The van der Waals surface area contributed by atoms with Gasteiger partial charge in [-0.2, -0.15) is 0 Å². The maximum absolute atomic E-state index is 5.83. The Kier molecular flexibility index (Phi) is 5.53. The predicted octanol–water partition coefficient (Wildman–Crippen LogP) is 3.75. The van der Waals surface area contributed by atoms with Crippen molar-refractivity contribution in [2.24, 2.45) is 0 Å². The SMILES string of the molecule is C=C(c1ccc(Cl)cc1)C(OCC)OCC. The molecule has 1 aromatic carbocycles. The van der Waals surface area contributed by atoms with Crippen molar-refractivity contribution < 1.29 is 9.47 Å². The topological polar surface area (TPSA) is 18.5 Å². The van der Waals surface area contributed by atoms with Crippen molar-refractivity contribution in [1.29, 1.82) is 0 Å². The van der Waals surface area contributed by atoms with E-state index < -0.39 is 0 Å². The Hall–Kier alpha value is -0.830. The molecule has 88 valence electrons. The second-order valence-electron chi connectivity index (χ2n) is 3.27. The van der Waals surface area contributed by atoms with Gasteiger partial charge in [-0.05, 0) is 31.5 Å². The summed E-state index contributed by atoms with van der Waals surface area (Å²) >= 11 is 5.83. The van der Waals surface area contributed by atoms with Gasteiger partial charge in [0, 0.05) is 23.8 Å². The molecule has 0 spiro atoms. The van der Waals surface area contributed by atoms with Crippen LogP contribution in [0.15, 0.2) is 30.8 Å². The van der Waals surface area contributed by atoms with Gasteiger partial charge >= 0.3 is 0 Å². The van der Waals surface area contributed by atoms with Crippen molar-refractivity contribution in [3.63, 3.8) is 0 Å². The number of halogens is 1. The predicted molar refractivity (Wildman–Crippen MR) is 67.5 cm³/mol. The van der Waals surface area contributed by atoms with Gasteiger partial charge in [0.2, 0.25) is 0 Å². The summed E-state index contributed by atoms with van der Waals surface area (Å²) in [5.41, 5.74) is 1.80. The molecule has 0 atom stereocenters. The summed E-state index contributed by atoms with van der Waals surface area (Å²) in [7, 11) is 0. The second kappa shape index (κ2) is 6.69. The monoisotopic (exact) mass is 240 g/mol. The molecule has 0 aliphatic carbocycles. The van der Waals surface area contributed by atoms with Crippen molar-refractivity contribution in [2.75, 3.05) is 13.2 Å². The lowest BCUT2D eigenvalue weighted by Crippen LogP contribution is -2.18. The zero-order valence-electron chi connectivity index (χ0n) is 9.70. The minimum absolute atomic E-state index is 0.379. The van der Waals surface area contributed by atoms with Gasteiger partial charge in [0.15, 0.2) is 6.29 Å². The summed E-state index contributed by atoms with van der Waals surface area (Å²) < 4.78 is 10.9. The van der Waals surface area contributed by atoms with E-state index in [0.29, 0.717) is 18.2 Å². The highest BCUT2D eigenvalue weighted by Gasteiger charge is 2.13. The first-order chi connectivity index (χ1) is 7.69. The van der Waals surface area contributed by atoms with Crippen LogP contribution in [0.2, 0.25) is 5.02 Å². The first kappa shape index (κ1) is 13.2. The van der Waals surface area contributed by atoms with Crippen molar-refractivity contribution in [2.45, 2.75) is 20.1 Å². The molecule has 0 heterocycles. The molecular weight excluding hydrogens is 224 g/mol. The van der Waals surface area contributed by atoms with Gasteiger partial charge in [-0.3, -0.25) is 0 Å². The number of rotatable bonds is 6. The van der Waals surface area contributed by atoms with Crippen molar-refractivity contribution in [1.82, 2.24) is 0 Å². The van der Waals surface area contributed by atoms with Crippen molar-refractivity contribution >= 4 is 17.2 Å². The van der Waals surface area contributed by atoms with E-state index in [2.05, 4.69) is 6.58 Å². The highest BCUT2D eigenvalue weighted by atomic mass is 35.5. The number of hydrogen-bond acceptors (Lipinski definition) is 2. The molecule has 0 amide bonds. The smallest absolute Gasteiger partial charge is 0.183 e. The third-order valence-electron chi connectivity index (χ3n) is 2.14. The molecule has 0 fully saturated rings. The van der Waals surface area contributed by atoms with E-state index in [4.69, 9.17) is 21.1 Å². The molecule has 1 aromatic rings. The van der Waals surface area contributed by atoms with Crippen molar-refractivity contribution in [3.8, 4) is 0 Å². The Balaban J connectivity index is 2.77. The van der Waals surface area contributed by atoms with Crippen LogP contribution in [0.5, 0.6) is 0 Å². The van der Waals surface area contributed by atoms with Crippen LogP contribution < -0.4 is 0 Å². The second-order valence-corrected chi connectivity index (χ2v) is 3.71. The molecule has 2 nitrogen and oxygen atoms in total. The Morgan fingerprint density at radius 3 is 2.12 bits per heavy atom. The van der Waals surface area contributed by atoms with Crippen molar-refractivity contribution in [3.05, 3.63) is 41.4 Å². The van der Waals surface area contributed by atoms with Crippen LogP contribution in [0.25, 0.3) is 5.57 Å². The first-order valence-electron chi connectivity index (χ1n) is 5.37. The minimum Gasteiger partial charge on any atom is -0.349 e. The van der Waals surface area contributed by atoms with E-state index in [-0.39, 0.29) is 6.29 Å². The molecule has 0 saturated carbocycles. The van der Waals surface area contributed by atoms with Crippen LogP contribution in [0.4, 0.5) is 0 Å². The summed E-state index contributed by atoms with van der Waals surface area (Å²) in [5, 5.41) is 0.709. The lowest BCUT2D eigenvalue weighted by Gasteiger charge is -2.19. The quantitative estimate of drug-likeness (QED) is 0.705. The van der Waals surface area contributed by atoms with Gasteiger partial charge in [0.05, 0.1) is 0 Å². The summed E-state index contributed by atoms with van der Waals surface area (Å²) in [6.45, 7) is 9.05. The van der Waals surface area contributed by atoms with Crippen LogP contribution >= 0.6 is 11.6 Å². The zero-order chi connectivity index (χ0) is 12.0. The van der Waals surface area contributed by atoms with Gasteiger partial charge in [-0.25, -0.2) is 0 Å². The van der Waals surface area contributed by atoms with Crippen LogP contribution in [0.1, 0.15) is 19.4 Å². The Labute approximate surface area is 102 Å². The summed E-state index contributed by atoms with van der Waals surface area (Å²) in [6.07, 6.45) is -0.379. The molecule has 0 aliphatic rings. The van der Waals surface area contributed by atoms with E-state index in [9.17, 15) is 0 Å². The van der Waals surface area contributed by atoms with Gasteiger partial charge < -0.3 is 9.47 Å². The molecular formula is C13H17ClO2. The van der Waals surface area contributed by atoms with E-state index >= 15 is 0 Å². The number of hydrogen-bond donors (Lipinski definition) is 0. The fraction of sp³-hybridized carbons (Fsp3) is 0.385. The molecule has 3 heteroatoms. The molecule has 0 aromatic heterocycles. The summed E-state index contributed by atoms with van der Waals surface area (Å²) in [6, 6.07) is 7.49. The summed E-state index contributed by atoms with van der Waals surface area (Å²) in [4.78, 5) is 0. The Morgan fingerprint density at radius 2 is 1.69 bits per heavy atom. The Morgan fingerprint density at radius 1 is 1.19 bits per heavy atom. The van der Waals surface area contributed by atoms with Gasteiger partial charge in [0.25, 0.3) is 0 Å². The molecule has 0 radical (unpaired) electrons. The lowest BCUT2D eigenvalue weighted by atomic mass is 10.1. The average molecular weight is 241 g/mol. The van der Waals surface area contributed by atoms with Crippen LogP contribution in [-0.2, 0) is 9.47 Å². The third kappa shape index (κ3) is 3.63. The van der Waals surface area contributed by atoms with E-state index in [0.717, 1.165) is 11.1 Å². The standard InChI is InChI=1S/C13H17ClO2/c1-4-15-13(16-5-2)10(3)11-6-8-12(14)9-7-11/h6-9,13H,3-5H2,1-2H3. The normalized spacial score (nSPS) is 10.8. The van der Waals surface area contributed by atoms with Gasteiger partial charge in [-0.15, -0.1) is 0 Å². The number of ether oxygens (including phenoxy) is 2. The molecule has 0 N–H and O–H groups in total. The lowest BCUT2D eigenvalue weighted by molar-refractivity contribution is -0.0962.